The van der Waals surface area contributed by atoms with Gasteiger partial charge in [-0.05, 0) is 51.2 Å². The predicted octanol–water partition coefficient (Wildman–Crippen LogP) is 11.1. The van der Waals surface area contributed by atoms with E-state index in [2.05, 4.69) is 121 Å². The smallest absolute Gasteiger partial charge is 0.164 e. The van der Waals surface area contributed by atoms with Gasteiger partial charge in [-0.15, -0.1) is 0 Å². The van der Waals surface area contributed by atoms with Gasteiger partial charge < -0.3 is 0 Å². The Kier molecular flexibility index (Phi) is 6.76. The van der Waals surface area contributed by atoms with Gasteiger partial charge in [-0.2, -0.15) is 0 Å². The summed E-state index contributed by atoms with van der Waals surface area (Å²) < 4.78 is 0. The zero-order valence-corrected chi connectivity index (χ0v) is 26.0. The lowest BCUT2D eigenvalue weighted by Crippen LogP contribution is -2.01. The molecule has 224 valence electrons. The highest BCUT2D eigenvalue weighted by molar-refractivity contribution is 6.15. The summed E-state index contributed by atoms with van der Waals surface area (Å²) >= 11 is 0. The van der Waals surface area contributed by atoms with E-state index in [-0.39, 0.29) is 0 Å². The molecule has 0 aliphatic heterocycles. The highest BCUT2D eigenvalue weighted by atomic mass is 15.0. The summed E-state index contributed by atoms with van der Waals surface area (Å²) in [6.07, 6.45) is 0. The van der Waals surface area contributed by atoms with Gasteiger partial charge in [0.2, 0.25) is 0 Å². The van der Waals surface area contributed by atoms with Crippen LogP contribution in [0.25, 0.3) is 89.0 Å². The van der Waals surface area contributed by atoms with Crippen molar-refractivity contribution in [2.75, 3.05) is 0 Å². The average molecular weight is 613 g/mol. The lowest BCUT2D eigenvalue weighted by molar-refractivity contribution is 1.07. The molecule has 0 saturated carbocycles. The Labute approximate surface area is 278 Å². The van der Waals surface area contributed by atoms with Crippen LogP contribution >= 0.6 is 0 Å². The van der Waals surface area contributed by atoms with Gasteiger partial charge in [-0.25, -0.2) is 19.9 Å². The van der Waals surface area contributed by atoms with Crippen molar-refractivity contribution in [3.05, 3.63) is 170 Å². The average Bonchev–Trinajstić information content (AvgIpc) is 3.17. The molecule has 0 saturated heterocycles. The molecule has 0 aliphatic carbocycles. The van der Waals surface area contributed by atoms with Crippen LogP contribution in [0, 0.1) is 0 Å². The van der Waals surface area contributed by atoms with Crippen LogP contribution in [0.3, 0.4) is 0 Å². The molecule has 0 spiro atoms. The van der Waals surface area contributed by atoms with Crippen LogP contribution in [0.4, 0.5) is 0 Å². The maximum Gasteiger partial charge on any atom is 0.164 e. The Morgan fingerprint density at radius 3 is 1.54 bits per heavy atom. The summed E-state index contributed by atoms with van der Waals surface area (Å²) in [7, 11) is 0. The van der Waals surface area contributed by atoms with E-state index in [0.717, 1.165) is 60.8 Å². The van der Waals surface area contributed by atoms with Gasteiger partial charge in [0.15, 0.2) is 17.5 Å². The first-order valence-corrected chi connectivity index (χ1v) is 16.1. The Hall–Kier alpha value is -6.52. The molecular weight excluding hydrogens is 585 g/mol. The second kappa shape index (κ2) is 11.7. The zero-order valence-electron chi connectivity index (χ0n) is 26.0. The van der Waals surface area contributed by atoms with Crippen LogP contribution < -0.4 is 0 Å². The molecule has 4 heteroatoms. The molecule has 0 atom stereocenters. The van der Waals surface area contributed by atoms with Gasteiger partial charge >= 0.3 is 0 Å². The molecule has 0 fully saturated rings. The van der Waals surface area contributed by atoms with E-state index < -0.39 is 0 Å². The third-order valence-corrected chi connectivity index (χ3v) is 8.92. The molecule has 7 aromatic carbocycles. The molecule has 9 rings (SSSR count). The quantitative estimate of drug-likeness (QED) is 0.143. The molecule has 9 aromatic rings. The molecule has 0 unspecified atom stereocenters. The van der Waals surface area contributed by atoms with Crippen LogP contribution in [0.1, 0.15) is 0 Å². The molecule has 4 nitrogen and oxygen atoms in total. The van der Waals surface area contributed by atoms with Gasteiger partial charge in [0.1, 0.15) is 0 Å². The third-order valence-electron chi connectivity index (χ3n) is 8.92. The summed E-state index contributed by atoms with van der Waals surface area (Å²) in [6, 6.07) is 58.7. The van der Waals surface area contributed by atoms with Crippen LogP contribution in [0.15, 0.2) is 170 Å². The zero-order chi connectivity index (χ0) is 31.9. The van der Waals surface area contributed by atoms with E-state index in [4.69, 9.17) is 19.9 Å². The number of benzene rings is 7. The second-order valence-electron chi connectivity index (χ2n) is 11.9. The molecule has 2 heterocycles. The molecule has 2 aromatic heterocycles. The van der Waals surface area contributed by atoms with Crippen molar-refractivity contribution in [2.24, 2.45) is 0 Å². The summed E-state index contributed by atoms with van der Waals surface area (Å²) in [6.45, 7) is 0. The van der Waals surface area contributed by atoms with Crippen molar-refractivity contribution >= 4 is 32.6 Å². The lowest BCUT2D eigenvalue weighted by Gasteiger charge is -2.13. The fourth-order valence-corrected chi connectivity index (χ4v) is 6.55. The minimum atomic E-state index is 0.629. The van der Waals surface area contributed by atoms with E-state index in [0.29, 0.717) is 17.5 Å². The highest BCUT2D eigenvalue weighted by Crippen LogP contribution is 2.37. The number of para-hydroxylation sites is 1. The molecule has 0 amide bonds. The Morgan fingerprint density at radius 1 is 0.271 bits per heavy atom. The number of nitrogens with zero attached hydrogens (tertiary/aromatic N) is 4. The molecular formula is C44H28N4. The fraction of sp³-hybridized carbons (Fsp3) is 0. The number of hydrogen-bond acceptors (Lipinski definition) is 4. The number of fused-ring (bicyclic) bond motifs is 4. The Balaban J connectivity index is 1.18. The summed E-state index contributed by atoms with van der Waals surface area (Å²) in [5.41, 5.74) is 9.26. The SMILES string of the molecule is c1ccc(-c2nc(-c3ccc(-c4cc5nc6ccccc6cc5c5ccccc45)cc3)nc(-c3ccccc3-c3ccccc3)n2)cc1. The van der Waals surface area contributed by atoms with E-state index >= 15 is 0 Å². The van der Waals surface area contributed by atoms with Crippen LogP contribution in [0.5, 0.6) is 0 Å². The topological polar surface area (TPSA) is 51.6 Å². The van der Waals surface area contributed by atoms with Crippen molar-refractivity contribution in [3.8, 4) is 56.4 Å². The van der Waals surface area contributed by atoms with Crippen LogP contribution in [-0.2, 0) is 0 Å². The van der Waals surface area contributed by atoms with Gasteiger partial charge in [0.05, 0.1) is 11.0 Å². The monoisotopic (exact) mass is 612 g/mol. The first-order valence-electron chi connectivity index (χ1n) is 16.1. The normalized spacial score (nSPS) is 11.3. The fourth-order valence-electron chi connectivity index (χ4n) is 6.55. The van der Waals surface area contributed by atoms with Crippen LogP contribution in [-0.4, -0.2) is 19.9 Å². The number of rotatable bonds is 5. The number of aromatic nitrogens is 4. The van der Waals surface area contributed by atoms with Crippen molar-refractivity contribution in [2.45, 2.75) is 0 Å². The Morgan fingerprint density at radius 2 is 0.792 bits per heavy atom. The van der Waals surface area contributed by atoms with E-state index in [1.54, 1.807) is 0 Å². The van der Waals surface area contributed by atoms with Gasteiger partial charge in [0, 0.05) is 27.5 Å². The molecule has 0 N–H and O–H groups in total. The van der Waals surface area contributed by atoms with Crippen LogP contribution in [0.2, 0.25) is 0 Å². The van der Waals surface area contributed by atoms with Gasteiger partial charge in [-0.3, -0.25) is 0 Å². The lowest BCUT2D eigenvalue weighted by atomic mass is 9.94. The predicted molar refractivity (Wildman–Crippen MR) is 197 cm³/mol. The molecule has 0 aliphatic rings. The number of pyridine rings is 1. The maximum absolute atomic E-state index is 5.08. The third kappa shape index (κ3) is 4.97. The minimum absolute atomic E-state index is 0.629. The molecule has 48 heavy (non-hydrogen) atoms. The maximum atomic E-state index is 5.08. The van der Waals surface area contributed by atoms with E-state index in [1.807, 2.05) is 48.5 Å². The van der Waals surface area contributed by atoms with Crippen molar-refractivity contribution < 1.29 is 0 Å². The Bertz CT molecular complexity index is 2600. The minimum Gasteiger partial charge on any atom is -0.248 e. The first kappa shape index (κ1) is 27.8. The summed E-state index contributed by atoms with van der Waals surface area (Å²) in [5.74, 6) is 1.91. The van der Waals surface area contributed by atoms with Gasteiger partial charge in [0.25, 0.3) is 0 Å². The summed E-state index contributed by atoms with van der Waals surface area (Å²) in [4.78, 5) is 20.1. The number of hydrogen-bond donors (Lipinski definition) is 0. The molecule has 0 bridgehead atoms. The standard InChI is InChI=1S/C44H28N4/c1-3-13-29(14-4-1)34-18-8-11-21-37(34)44-47-42(31-15-5-2-6-16-31)46-43(48-44)32-25-23-30(24-26-32)38-28-41-39(36-20-10-9-19-35(36)38)27-33-17-7-12-22-40(33)45-41/h1-28H. The molecule has 0 radical (unpaired) electrons. The van der Waals surface area contributed by atoms with Crippen molar-refractivity contribution in [1.29, 1.82) is 0 Å². The van der Waals surface area contributed by atoms with Gasteiger partial charge in [-0.1, -0.05) is 152 Å². The largest absolute Gasteiger partial charge is 0.248 e. The second-order valence-corrected chi connectivity index (χ2v) is 11.9. The summed E-state index contributed by atoms with van der Waals surface area (Å²) in [5, 5.41) is 4.69. The highest BCUT2D eigenvalue weighted by Gasteiger charge is 2.16. The van der Waals surface area contributed by atoms with E-state index in [9.17, 15) is 0 Å². The first-order chi connectivity index (χ1) is 23.8. The van der Waals surface area contributed by atoms with E-state index in [1.165, 1.54) is 10.8 Å². The van der Waals surface area contributed by atoms with Crippen molar-refractivity contribution in [3.63, 3.8) is 0 Å². The van der Waals surface area contributed by atoms with Crippen molar-refractivity contribution in [1.82, 2.24) is 19.9 Å².